The Morgan fingerprint density at radius 2 is 0.840 bits per heavy atom. The van der Waals surface area contributed by atoms with Gasteiger partial charge in [0.2, 0.25) is 5.91 Å². The lowest BCUT2D eigenvalue weighted by molar-refractivity contribution is -0.154. The molecule has 6 nitrogen and oxygen atoms in total. The van der Waals surface area contributed by atoms with Crippen molar-refractivity contribution in [3.05, 3.63) is 0 Å². The van der Waals surface area contributed by atoms with Crippen LogP contribution in [0.25, 0.3) is 0 Å². The van der Waals surface area contributed by atoms with E-state index in [2.05, 4.69) is 26.1 Å². The van der Waals surface area contributed by atoms with E-state index < -0.39 is 0 Å². The van der Waals surface area contributed by atoms with E-state index >= 15 is 0 Å². The highest BCUT2D eigenvalue weighted by atomic mass is 16.5. The van der Waals surface area contributed by atoms with E-state index in [1.807, 2.05) is 6.92 Å². The Morgan fingerprint density at radius 1 is 0.460 bits per heavy atom. The summed E-state index contributed by atoms with van der Waals surface area (Å²) in [5.74, 6) is -0.492. The number of nitrogens with one attached hydrogen (secondary N) is 1. The Morgan fingerprint density at radius 3 is 1.26 bits per heavy atom. The lowest BCUT2D eigenvalue weighted by Crippen LogP contribution is -2.31. The highest BCUT2D eigenvalue weighted by molar-refractivity contribution is 5.77. The third kappa shape index (κ3) is 34.8. The van der Waals surface area contributed by atoms with Crippen molar-refractivity contribution in [2.24, 2.45) is 5.92 Å². The summed E-state index contributed by atoms with van der Waals surface area (Å²) in [7, 11) is 0. The van der Waals surface area contributed by atoms with Crippen molar-refractivity contribution in [3.8, 4) is 0 Å². The second-order valence-electron chi connectivity index (χ2n) is 15.2. The first-order chi connectivity index (χ1) is 24.5. The number of hydrogen-bond donors (Lipinski definition) is 1. The molecule has 0 rings (SSSR count). The van der Waals surface area contributed by atoms with Crippen LogP contribution in [-0.2, 0) is 23.9 Å². The van der Waals surface area contributed by atoms with E-state index in [-0.39, 0.29) is 49.3 Å². The van der Waals surface area contributed by atoms with E-state index in [0.29, 0.717) is 13.0 Å². The standard InChI is InChI=1S/C44H85NO5/c1-5-9-12-15-18-19-20-21-22-23-24-25-26-29-32-35-42(46)45-38-40(8-4)39-49-43(47)36-37-44(48)50-41(33-30-27-16-13-10-6-2)34-31-28-17-14-11-7-3/h40-41H,5-39H2,1-4H3,(H,45,46). The zero-order valence-corrected chi connectivity index (χ0v) is 33.9. The minimum absolute atomic E-state index is 0.0432. The molecule has 0 radical (unpaired) electrons. The summed E-state index contributed by atoms with van der Waals surface area (Å²) < 4.78 is 11.4. The molecule has 0 fully saturated rings. The zero-order valence-electron chi connectivity index (χ0n) is 33.9. The number of carbonyl (C=O) groups excluding carboxylic acids is 3. The predicted octanol–water partition coefficient (Wildman–Crippen LogP) is 13.1. The molecular formula is C44H85NO5. The smallest absolute Gasteiger partial charge is 0.306 e. The Hall–Kier alpha value is -1.59. The molecule has 0 aliphatic rings. The van der Waals surface area contributed by atoms with Crippen LogP contribution < -0.4 is 5.32 Å². The first-order valence-electron chi connectivity index (χ1n) is 22.1. The zero-order chi connectivity index (χ0) is 36.8. The number of esters is 2. The van der Waals surface area contributed by atoms with E-state index in [1.165, 1.54) is 148 Å². The Labute approximate surface area is 311 Å². The molecule has 0 aromatic heterocycles. The minimum atomic E-state index is -0.368. The predicted molar refractivity (Wildman–Crippen MR) is 212 cm³/mol. The maximum Gasteiger partial charge on any atom is 0.306 e. The first-order valence-corrected chi connectivity index (χ1v) is 22.1. The van der Waals surface area contributed by atoms with Gasteiger partial charge in [0, 0.05) is 18.9 Å². The molecule has 50 heavy (non-hydrogen) atoms. The van der Waals surface area contributed by atoms with Gasteiger partial charge in [-0.2, -0.15) is 0 Å². The quantitative estimate of drug-likeness (QED) is 0.0508. The molecule has 0 saturated carbocycles. The molecular weight excluding hydrogens is 622 g/mol. The number of rotatable bonds is 39. The van der Waals surface area contributed by atoms with Gasteiger partial charge in [0.1, 0.15) is 6.10 Å². The molecule has 6 heteroatoms. The Kier molecular flexibility index (Phi) is 37.4. The number of unbranched alkanes of at least 4 members (excludes halogenated alkanes) is 24. The Bertz CT molecular complexity index is 741. The monoisotopic (exact) mass is 708 g/mol. The topological polar surface area (TPSA) is 81.7 Å². The highest BCUT2D eigenvalue weighted by Gasteiger charge is 2.17. The van der Waals surface area contributed by atoms with Gasteiger partial charge in [-0.1, -0.05) is 182 Å². The SMILES string of the molecule is CCCCCCCCCCCCCCCCCC(=O)NCC(CC)COC(=O)CCC(=O)OC(CCCCCCCC)CCCCCCCC. The van der Waals surface area contributed by atoms with Gasteiger partial charge >= 0.3 is 11.9 Å². The minimum Gasteiger partial charge on any atom is -0.465 e. The summed E-state index contributed by atoms with van der Waals surface area (Å²) in [6.45, 7) is 9.57. The summed E-state index contributed by atoms with van der Waals surface area (Å²) in [5, 5.41) is 3.04. The average molecular weight is 708 g/mol. The third-order valence-corrected chi connectivity index (χ3v) is 10.2. The molecule has 0 aliphatic carbocycles. The van der Waals surface area contributed by atoms with Crippen LogP contribution in [0.1, 0.15) is 240 Å². The molecule has 1 N–H and O–H groups in total. The van der Waals surface area contributed by atoms with Gasteiger partial charge in [0.15, 0.2) is 0 Å². The molecule has 0 aromatic rings. The van der Waals surface area contributed by atoms with Crippen LogP contribution in [0.3, 0.4) is 0 Å². The molecule has 1 unspecified atom stereocenters. The van der Waals surface area contributed by atoms with Crippen LogP contribution in [0.5, 0.6) is 0 Å². The second-order valence-corrected chi connectivity index (χ2v) is 15.2. The van der Waals surface area contributed by atoms with Gasteiger partial charge < -0.3 is 14.8 Å². The molecule has 1 amide bonds. The number of ether oxygens (including phenoxy) is 2. The van der Waals surface area contributed by atoms with Gasteiger partial charge in [-0.15, -0.1) is 0 Å². The lowest BCUT2D eigenvalue weighted by Gasteiger charge is -2.18. The number of hydrogen-bond acceptors (Lipinski definition) is 5. The van der Waals surface area contributed by atoms with Gasteiger partial charge in [-0.05, 0) is 38.5 Å². The Balaban J connectivity index is 4.04. The maximum atomic E-state index is 12.6. The summed E-state index contributed by atoms with van der Waals surface area (Å²) in [6, 6.07) is 0. The average Bonchev–Trinajstić information content (AvgIpc) is 3.11. The fraction of sp³-hybridized carbons (Fsp3) is 0.932. The van der Waals surface area contributed by atoms with E-state index in [1.54, 1.807) is 0 Å². The molecule has 0 spiro atoms. The summed E-state index contributed by atoms with van der Waals surface area (Å²) in [4.78, 5) is 37.5. The summed E-state index contributed by atoms with van der Waals surface area (Å²) in [5.41, 5.74) is 0. The molecule has 0 aliphatic heterocycles. The van der Waals surface area contributed by atoms with Crippen molar-refractivity contribution >= 4 is 17.8 Å². The maximum absolute atomic E-state index is 12.6. The van der Waals surface area contributed by atoms with Crippen LogP contribution >= 0.6 is 0 Å². The van der Waals surface area contributed by atoms with Gasteiger partial charge in [0.25, 0.3) is 0 Å². The van der Waals surface area contributed by atoms with Crippen LogP contribution in [0.2, 0.25) is 0 Å². The molecule has 0 aromatic carbocycles. The largest absolute Gasteiger partial charge is 0.465 e. The molecule has 1 atom stereocenters. The van der Waals surface area contributed by atoms with E-state index in [0.717, 1.165) is 44.9 Å². The summed E-state index contributed by atoms with van der Waals surface area (Å²) in [6.07, 6.45) is 37.7. The van der Waals surface area contributed by atoms with Crippen molar-refractivity contribution in [3.63, 3.8) is 0 Å². The van der Waals surface area contributed by atoms with Crippen molar-refractivity contribution in [1.29, 1.82) is 0 Å². The second kappa shape index (κ2) is 38.6. The highest BCUT2D eigenvalue weighted by Crippen LogP contribution is 2.18. The molecule has 296 valence electrons. The van der Waals surface area contributed by atoms with Crippen molar-refractivity contribution in [2.45, 2.75) is 246 Å². The first kappa shape index (κ1) is 48.4. The number of carbonyl (C=O) groups is 3. The number of amides is 1. The van der Waals surface area contributed by atoms with Crippen molar-refractivity contribution in [2.75, 3.05) is 13.2 Å². The van der Waals surface area contributed by atoms with Crippen molar-refractivity contribution in [1.82, 2.24) is 5.32 Å². The van der Waals surface area contributed by atoms with Gasteiger partial charge in [-0.25, -0.2) is 0 Å². The molecule has 0 bridgehead atoms. The normalized spacial score (nSPS) is 11.9. The fourth-order valence-electron chi connectivity index (χ4n) is 6.62. The molecule has 0 saturated heterocycles. The van der Waals surface area contributed by atoms with Gasteiger partial charge in [0.05, 0.1) is 19.4 Å². The summed E-state index contributed by atoms with van der Waals surface area (Å²) >= 11 is 0. The van der Waals surface area contributed by atoms with E-state index in [4.69, 9.17) is 9.47 Å². The molecule has 0 heterocycles. The van der Waals surface area contributed by atoms with E-state index in [9.17, 15) is 14.4 Å². The van der Waals surface area contributed by atoms with Crippen LogP contribution in [-0.4, -0.2) is 37.1 Å². The van der Waals surface area contributed by atoms with Crippen LogP contribution in [0, 0.1) is 5.92 Å². The third-order valence-electron chi connectivity index (χ3n) is 10.2. The van der Waals surface area contributed by atoms with Gasteiger partial charge in [-0.3, -0.25) is 14.4 Å². The van der Waals surface area contributed by atoms with Crippen molar-refractivity contribution < 1.29 is 23.9 Å². The van der Waals surface area contributed by atoms with Crippen LogP contribution in [0.15, 0.2) is 0 Å². The lowest BCUT2D eigenvalue weighted by atomic mass is 10.0. The van der Waals surface area contributed by atoms with Crippen LogP contribution in [0.4, 0.5) is 0 Å². The fourth-order valence-corrected chi connectivity index (χ4v) is 6.62.